The Balaban J connectivity index is 1.76. The van der Waals surface area contributed by atoms with Crippen LogP contribution in [0, 0.1) is 13.8 Å². The summed E-state index contributed by atoms with van der Waals surface area (Å²) in [6, 6.07) is 14.2. The molecule has 0 unspecified atom stereocenters. The molecule has 0 fully saturated rings. The van der Waals surface area contributed by atoms with Gasteiger partial charge in [0.2, 0.25) is 5.95 Å². The van der Waals surface area contributed by atoms with Crippen LogP contribution in [-0.2, 0) is 0 Å². The molecular weight excluding hydrogens is 312 g/mol. The number of nitrogen functional groups attached to an aromatic ring is 1. The molecule has 6 heteroatoms. The van der Waals surface area contributed by atoms with Gasteiger partial charge in [0.25, 0.3) is 0 Å². The molecule has 0 aliphatic rings. The van der Waals surface area contributed by atoms with Gasteiger partial charge in [0.1, 0.15) is 5.82 Å². The Hall–Kier alpha value is -3.41. The first-order valence-electron chi connectivity index (χ1n) is 8.01. The second kappa shape index (κ2) is 5.90. The van der Waals surface area contributed by atoms with Crippen molar-refractivity contribution in [2.45, 2.75) is 13.8 Å². The van der Waals surface area contributed by atoms with Crippen LogP contribution in [0.3, 0.4) is 0 Å². The Labute approximate surface area is 145 Å². The first kappa shape index (κ1) is 15.1. The molecule has 0 spiro atoms. The number of nitrogens with one attached hydrogen (secondary N) is 2. The quantitative estimate of drug-likeness (QED) is 0.529. The number of aromatic amines is 1. The lowest BCUT2D eigenvalue weighted by molar-refractivity contribution is 1.12. The number of hydrogen-bond donors (Lipinski definition) is 3. The Kier molecular flexibility index (Phi) is 3.57. The van der Waals surface area contributed by atoms with E-state index < -0.39 is 0 Å². The summed E-state index contributed by atoms with van der Waals surface area (Å²) < 4.78 is 0. The topological polar surface area (TPSA) is 92.5 Å². The van der Waals surface area contributed by atoms with Crippen LogP contribution in [0.5, 0.6) is 0 Å². The van der Waals surface area contributed by atoms with Gasteiger partial charge in [-0.15, -0.1) is 0 Å². The number of fused-ring (bicyclic) bond motifs is 1. The van der Waals surface area contributed by atoms with Crippen LogP contribution < -0.4 is 11.1 Å². The van der Waals surface area contributed by atoms with Gasteiger partial charge in [-0.1, -0.05) is 12.1 Å². The lowest BCUT2D eigenvalue weighted by Crippen LogP contribution is -1.98. The van der Waals surface area contributed by atoms with Crippen molar-refractivity contribution >= 4 is 28.4 Å². The van der Waals surface area contributed by atoms with Gasteiger partial charge in [0.05, 0.1) is 11.2 Å². The average molecular weight is 330 g/mol. The summed E-state index contributed by atoms with van der Waals surface area (Å²) in [6.07, 6.45) is 1.63. The smallest absolute Gasteiger partial charge is 0.221 e. The molecule has 0 saturated heterocycles. The highest BCUT2D eigenvalue weighted by Gasteiger charge is 2.10. The largest absolute Gasteiger partial charge is 0.368 e. The standard InChI is InChI=1S/C19H18N6/c1-11-3-4-13(9-12(11)2)18-15-10-14(5-6-16(15)24-25-18)22-17-7-8-21-19(20)23-17/h3-10H,1-2H3,(H,24,25)(H3,20,21,22,23). The number of rotatable bonds is 3. The predicted octanol–water partition coefficient (Wildman–Crippen LogP) is 3.96. The highest BCUT2D eigenvalue weighted by molar-refractivity contribution is 5.95. The van der Waals surface area contributed by atoms with E-state index in [1.54, 1.807) is 12.3 Å². The minimum absolute atomic E-state index is 0.241. The van der Waals surface area contributed by atoms with E-state index in [1.807, 2.05) is 12.1 Å². The van der Waals surface area contributed by atoms with Gasteiger partial charge in [0, 0.05) is 22.8 Å². The molecule has 2 aromatic carbocycles. The molecule has 0 atom stereocenters. The molecule has 0 radical (unpaired) electrons. The monoisotopic (exact) mass is 330 g/mol. The maximum absolute atomic E-state index is 5.64. The summed E-state index contributed by atoms with van der Waals surface area (Å²) in [5.74, 6) is 0.897. The maximum atomic E-state index is 5.64. The second-order valence-corrected chi connectivity index (χ2v) is 6.06. The van der Waals surface area contributed by atoms with Crippen molar-refractivity contribution in [2.24, 2.45) is 0 Å². The zero-order valence-corrected chi connectivity index (χ0v) is 14.0. The summed E-state index contributed by atoms with van der Waals surface area (Å²) in [4.78, 5) is 8.07. The zero-order valence-electron chi connectivity index (χ0n) is 14.0. The third-order valence-electron chi connectivity index (χ3n) is 4.29. The molecule has 6 nitrogen and oxygen atoms in total. The number of benzene rings is 2. The molecule has 124 valence electrons. The summed E-state index contributed by atoms with van der Waals surface area (Å²) in [7, 11) is 0. The summed E-state index contributed by atoms with van der Waals surface area (Å²) in [6.45, 7) is 4.22. The molecule has 4 rings (SSSR count). The van der Waals surface area contributed by atoms with Crippen molar-refractivity contribution in [1.82, 2.24) is 20.2 Å². The van der Waals surface area contributed by atoms with Crippen molar-refractivity contribution in [3.8, 4) is 11.3 Å². The Morgan fingerprint density at radius 3 is 2.68 bits per heavy atom. The highest BCUT2D eigenvalue weighted by Crippen LogP contribution is 2.30. The van der Waals surface area contributed by atoms with E-state index in [4.69, 9.17) is 5.73 Å². The third-order valence-corrected chi connectivity index (χ3v) is 4.29. The molecule has 0 aliphatic carbocycles. The SMILES string of the molecule is Cc1ccc(-c2n[nH]c3ccc(Nc4ccnc(N)n4)cc23)cc1C. The van der Waals surface area contributed by atoms with Crippen LogP contribution in [0.4, 0.5) is 17.5 Å². The Morgan fingerprint density at radius 2 is 1.88 bits per heavy atom. The van der Waals surface area contributed by atoms with Gasteiger partial charge in [-0.2, -0.15) is 10.1 Å². The van der Waals surface area contributed by atoms with Crippen molar-refractivity contribution in [3.05, 3.63) is 59.8 Å². The number of aryl methyl sites for hydroxylation is 2. The van der Waals surface area contributed by atoms with E-state index in [-0.39, 0.29) is 5.95 Å². The number of nitrogens with two attached hydrogens (primary N) is 1. The van der Waals surface area contributed by atoms with Crippen LogP contribution in [-0.4, -0.2) is 20.2 Å². The molecule has 0 bridgehead atoms. The summed E-state index contributed by atoms with van der Waals surface area (Å²) >= 11 is 0. The number of H-pyrrole nitrogens is 1. The zero-order chi connectivity index (χ0) is 17.4. The fourth-order valence-electron chi connectivity index (χ4n) is 2.79. The van der Waals surface area contributed by atoms with E-state index in [1.165, 1.54) is 11.1 Å². The van der Waals surface area contributed by atoms with Crippen molar-refractivity contribution in [1.29, 1.82) is 0 Å². The van der Waals surface area contributed by atoms with Crippen molar-refractivity contribution < 1.29 is 0 Å². The maximum Gasteiger partial charge on any atom is 0.221 e. The summed E-state index contributed by atoms with van der Waals surface area (Å²) in [5.41, 5.74) is 12.1. The fraction of sp³-hybridized carbons (Fsp3) is 0.105. The number of nitrogens with zero attached hydrogens (tertiary/aromatic N) is 3. The number of hydrogen-bond acceptors (Lipinski definition) is 5. The van der Waals surface area contributed by atoms with E-state index in [2.05, 4.69) is 63.6 Å². The first-order valence-corrected chi connectivity index (χ1v) is 8.01. The minimum atomic E-state index is 0.241. The van der Waals surface area contributed by atoms with E-state index in [0.717, 1.165) is 27.8 Å². The minimum Gasteiger partial charge on any atom is -0.368 e. The van der Waals surface area contributed by atoms with Gasteiger partial charge in [-0.25, -0.2) is 4.98 Å². The molecule has 0 aliphatic heterocycles. The van der Waals surface area contributed by atoms with Crippen molar-refractivity contribution in [3.63, 3.8) is 0 Å². The van der Waals surface area contributed by atoms with Crippen LogP contribution in [0.25, 0.3) is 22.2 Å². The molecule has 0 saturated carbocycles. The molecule has 25 heavy (non-hydrogen) atoms. The van der Waals surface area contributed by atoms with Gasteiger partial charge in [-0.05, 0) is 55.3 Å². The third kappa shape index (κ3) is 2.89. The molecular formula is C19H18N6. The molecule has 4 N–H and O–H groups in total. The van der Waals surface area contributed by atoms with Crippen molar-refractivity contribution in [2.75, 3.05) is 11.1 Å². The molecule has 2 heterocycles. The molecule has 2 aromatic heterocycles. The van der Waals surface area contributed by atoms with Gasteiger partial charge < -0.3 is 11.1 Å². The van der Waals surface area contributed by atoms with Gasteiger partial charge >= 0.3 is 0 Å². The number of aromatic nitrogens is 4. The average Bonchev–Trinajstić information content (AvgIpc) is 3.01. The van der Waals surface area contributed by atoms with Crippen LogP contribution >= 0.6 is 0 Å². The van der Waals surface area contributed by atoms with E-state index in [9.17, 15) is 0 Å². The Bertz CT molecular complexity index is 1070. The molecule has 0 amide bonds. The normalized spacial score (nSPS) is 11.0. The fourth-order valence-corrected chi connectivity index (χ4v) is 2.79. The van der Waals surface area contributed by atoms with Gasteiger partial charge in [0.15, 0.2) is 0 Å². The van der Waals surface area contributed by atoms with E-state index in [0.29, 0.717) is 5.82 Å². The molecule has 4 aromatic rings. The lowest BCUT2D eigenvalue weighted by Gasteiger charge is -2.07. The predicted molar refractivity (Wildman–Crippen MR) is 101 cm³/mol. The van der Waals surface area contributed by atoms with E-state index >= 15 is 0 Å². The Morgan fingerprint density at radius 1 is 1.00 bits per heavy atom. The second-order valence-electron chi connectivity index (χ2n) is 6.06. The van der Waals surface area contributed by atoms with Crippen LogP contribution in [0.1, 0.15) is 11.1 Å². The lowest BCUT2D eigenvalue weighted by atomic mass is 10.0. The van der Waals surface area contributed by atoms with Crippen LogP contribution in [0.2, 0.25) is 0 Å². The number of anilines is 3. The highest BCUT2D eigenvalue weighted by atomic mass is 15.1. The van der Waals surface area contributed by atoms with Crippen LogP contribution in [0.15, 0.2) is 48.7 Å². The summed E-state index contributed by atoms with van der Waals surface area (Å²) in [5, 5.41) is 11.9. The van der Waals surface area contributed by atoms with Gasteiger partial charge in [-0.3, -0.25) is 5.10 Å². The first-order chi connectivity index (χ1) is 12.1.